The van der Waals surface area contributed by atoms with Gasteiger partial charge in [-0.3, -0.25) is 9.09 Å². The minimum Gasteiger partial charge on any atom is -0.387 e. The molecule has 19 nitrogen and oxygen atoms in total. The molecule has 3 heterocycles. The summed E-state index contributed by atoms with van der Waals surface area (Å²) in [6.45, 7) is -1.03. The van der Waals surface area contributed by atoms with Crippen LogP contribution in [0.2, 0.25) is 0 Å². The summed E-state index contributed by atoms with van der Waals surface area (Å²) in [4.78, 5) is 43.4. The highest BCUT2D eigenvalue weighted by molar-refractivity contribution is 7.66. The van der Waals surface area contributed by atoms with Gasteiger partial charge in [0.1, 0.15) is 18.3 Å². The van der Waals surface area contributed by atoms with E-state index in [0.29, 0.717) is 0 Å². The van der Waals surface area contributed by atoms with Gasteiger partial charge < -0.3 is 50.7 Å². The van der Waals surface area contributed by atoms with Crippen molar-refractivity contribution in [2.75, 3.05) is 6.61 Å². The van der Waals surface area contributed by atoms with Gasteiger partial charge in [-0.25, -0.2) is 18.7 Å². The molecule has 2 aliphatic heterocycles. The molecular formula is C10H17ClN5O14P3. The number of halogens is 1. The van der Waals surface area contributed by atoms with Gasteiger partial charge in [0.2, 0.25) is 0 Å². The van der Waals surface area contributed by atoms with Crippen LogP contribution in [0.4, 0.5) is 5.82 Å². The number of nitrogens with two attached hydrogens (primary N) is 1. The number of aliphatic hydroxyl groups is 3. The highest BCUT2D eigenvalue weighted by Crippen LogP contribution is 2.66. The van der Waals surface area contributed by atoms with Crippen molar-refractivity contribution in [1.82, 2.24) is 14.9 Å². The number of aliphatic imine (C=N–C) groups is 1. The molecule has 0 spiro atoms. The number of guanidine groups is 1. The molecule has 1 aromatic heterocycles. The Morgan fingerprint density at radius 1 is 1.18 bits per heavy atom. The van der Waals surface area contributed by atoms with E-state index in [1.54, 1.807) is 0 Å². The molecule has 33 heavy (non-hydrogen) atoms. The summed E-state index contributed by atoms with van der Waals surface area (Å²) in [6.07, 6.45) is -5.45. The number of alkyl halides is 1. The Bertz CT molecular complexity index is 1090. The largest absolute Gasteiger partial charge is 0.490 e. The van der Waals surface area contributed by atoms with E-state index in [9.17, 15) is 33.9 Å². The molecule has 0 bridgehead atoms. The molecule has 0 aromatic carbocycles. The van der Waals surface area contributed by atoms with Crippen molar-refractivity contribution in [2.24, 2.45) is 10.7 Å². The minimum atomic E-state index is -5.74. The fourth-order valence-corrected chi connectivity index (χ4v) is 6.08. The molecular weight excluding hydrogens is 543 g/mol. The van der Waals surface area contributed by atoms with Crippen LogP contribution in [0.1, 0.15) is 11.9 Å². The van der Waals surface area contributed by atoms with Crippen LogP contribution < -0.4 is 11.1 Å². The van der Waals surface area contributed by atoms with E-state index in [2.05, 4.69) is 28.4 Å². The normalized spacial score (nSPS) is 33.5. The van der Waals surface area contributed by atoms with Gasteiger partial charge in [0.15, 0.2) is 23.7 Å². The first kappa shape index (κ1) is 26.6. The maximum atomic E-state index is 11.8. The van der Waals surface area contributed by atoms with Crippen LogP contribution in [0, 0.1) is 0 Å². The van der Waals surface area contributed by atoms with Crippen LogP contribution in [0.5, 0.6) is 0 Å². The van der Waals surface area contributed by atoms with Crippen molar-refractivity contribution in [3.8, 4) is 0 Å². The number of hydrogen-bond donors (Lipinski definition) is 9. The van der Waals surface area contributed by atoms with Gasteiger partial charge in [0.05, 0.1) is 12.9 Å². The molecule has 0 radical (unpaired) electrons. The van der Waals surface area contributed by atoms with E-state index in [0.717, 1.165) is 10.9 Å². The zero-order chi connectivity index (χ0) is 25.0. The van der Waals surface area contributed by atoms with Crippen LogP contribution in [0.25, 0.3) is 0 Å². The van der Waals surface area contributed by atoms with E-state index >= 15 is 0 Å². The van der Waals surface area contributed by atoms with E-state index in [-0.39, 0.29) is 17.5 Å². The molecule has 0 amide bonds. The summed E-state index contributed by atoms with van der Waals surface area (Å²) in [5, 5.41) is 30.6. The molecule has 1 saturated heterocycles. The minimum absolute atomic E-state index is 0.159. The van der Waals surface area contributed by atoms with Crippen LogP contribution in [-0.2, 0) is 36.8 Å². The topological polar surface area (TPSA) is 298 Å². The Morgan fingerprint density at radius 3 is 2.42 bits per heavy atom. The lowest BCUT2D eigenvalue weighted by molar-refractivity contribution is -0.0513. The highest BCUT2D eigenvalue weighted by atomic mass is 35.5. The van der Waals surface area contributed by atoms with Crippen LogP contribution >= 0.6 is 35.1 Å². The zero-order valence-electron chi connectivity index (χ0n) is 15.7. The lowest BCUT2D eigenvalue weighted by Gasteiger charge is -2.26. The number of fused-ring (bicyclic) bond motifs is 1. The molecule has 0 aliphatic carbocycles. The third kappa shape index (κ3) is 6.18. The molecule has 188 valence electrons. The predicted octanol–water partition coefficient (Wildman–Crippen LogP) is -2.26. The molecule has 2 aliphatic rings. The van der Waals surface area contributed by atoms with Gasteiger partial charge in [0, 0.05) is 0 Å². The van der Waals surface area contributed by atoms with E-state index in [1.807, 2.05) is 0 Å². The van der Waals surface area contributed by atoms with Crippen molar-refractivity contribution in [2.45, 2.75) is 29.7 Å². The second kappa shape index (κ2) is 8.91. The number of phosphoric acid groups is 3. The lowest BCUT2D eigenvalue weighted by atomic mass is 10.1. The molecule has 0 saturated carbocycles. The Morgan fingerprint density at radius 2 is 1.82 bits per heavy atom. The second-order valence-corrected chi connectivity index (χ2v) is 11.5. The van der Waals surface area contributed by atoms with E-state index in [1.165, 1.54) is 0 Å². The average Bonchev–Trinajstić information content (AvgIpc) is 3.12. The monoisotopic (exact) mass is 559 g/mol. The summed E-state index contributed by atoms with van der Waals surface area (Å²) in [6, 6.07) is 0. The fraction of sp³-hybridized carbons (Fsp3) is 0.600. The number of hydrogen-bond acceptors (Lipinski definition) is 14. The highest BCUT2D eigenvalue weighted by Gasteiger charge is 2.48. The number of aliphatic hydroxyl groups excluding tert-OH is 2. The standard InChI is InChI=1S/C10H17ClN5O14P3/c11-10(19)6-7(14-9(12)15-10)16(2-13-6)8-5(18)4(17)3(28-8)1-27-32(23,24)30-33(25,26)29-31(20,21)22/h2-5,8,17-19H,1H2,(H,23,24)(H,25,26)(H3,12,14,15)(H2,20,21,22)/t3-,4-,5-,8-,10?/m1/s1. The zero-order valence-corrected chi connectivity index (χ0v) is 19.2. The smallest absolute Gasteiger partial charge is 0.387 e. The summed E-state index contributed by atoms with van der Waals surface area (Å²) < 4.78 is 51.7. The van der Waals surface area contributed by atoms with Gasteiger partial charge in [-0.2, -0.15) is 13.6 Å². The number of phosphoric ester groups is 1. The van der Waals surface area contributed by atoms with Crippen molar-refractivity contribution < 1.29 is 66.5 Å². The third-order valence-electron chi connectivity index (χ3n) is 4.03. The van der Waals surface area contributed by atoms with Crippen LogP contribution in [0.3, 0.4) is 0 Å². The number of nitrogens with one attached hydrogen (secondary N) is 1. The van der Waals surface area contributed by atoms with Crippen LogP contribution in [-0.4, -0.2) is 75.3 Å². The summed E-state index contributed by atoms with van der Waals surface area (Å²) in [7, 11) is -16.8. The average molecular weight is 560 g/mol. The Hall–Kier alpha value is -0.980. The SMILES string of the molecule is NC1=Nc2c(ncn2[C@@H]2O[C@H](COP(=O)(O)OP(=O)(O)OP(=O)(O)O)[C@@H](O)[C@H]2O)C(O)(Cl)N1. The lowest BCUT2D eigenvalue weighted by Crippen LogP contribution is -2.47. The third-order valence-corrected chi connectivity index (χ3v) is 8.11. The van der Waals surface area contributed by atoms with Crippen molar-refractivity contribution in [1.29, 1.82) is 0 Å². The molecule has 3 rings (SSSR count). The number of ether oxygens (including phenoxy) is 1. The van der Waals surface area contributed by atoms with Gasteiger partial charge in [-0.15, -0.1) is 0 Å². The molecule has 23 heteroatoms. The first-order chi connectivity index (χ1) is 14.9. The maximum Gasteiger partial charge on any atom is 0.490 e. The Balaban J connectivity index is 1.71. The number of rotatable bonds is 8. The van der Waals surface area contributed by atoms with E-state index in [4.69, 9.17) is 36.8 Å². The van der Waals surface area contributed by atoms with Crippen molar-refractivity contribution in [3.05, 3.63) is 12.0 Å². The molecule has 10 N–H and O–H groups in total. The fourth-order valence-electron chi connectivity index (χ4n) is 2.82. The molecule has 1 fully saturated rings. The van der Waals surface area contributed by atoms with Gasteiger partial charge in [-0.05, 0) is 0 Å². The van der Waals surface area contributed by atoms with Gasteiger partial charge in [0.25, 0.3) is 5.18 Å². The predicted molar refractivity (Wildman–Crippen MR) is 102 cm³/mol. The van der Waals surface area contributed by atoms with Crippen molar-refractivity contribution >= 4 is 46.8 Å². The van der Waals surface area contributed by atoms with Crippen LogP contribution in [0.15, 0.2) is 11.3 Å². The van der Waals surface area contributed by atoms with E-state index < -0.39 is 59.8 Å². The first-order valence-corrected chi connectivity index (χ1v) is 13.2. The van der Waals surface area contributed by atoms with Gasteiger partial charge >= 0.3 is 23.5 Å². The number of aromatic nitrogens is 2. The Kier molecular flexibility index (Phi) is 7.19. The second-order valence-electron chi connectivity index (χ2n) is 6.50. The molecule has 7 atom stereocenters. The summed E-state index contributed by atoms with van der Waals surface area (Å²) >= 11 is 5.86. The quantitative estimate of drug-likeness (QED) is 0.0921. The first-order valence-electron chi connectivity index (χ1n) is 8.32. The Labute approximate surface area is 187 Å². The number of imidazole rings is 1. The van der Waals surface area contributed by atoms with Gasteiger partial charge in [-0.1, -0.05) is 11.6 Å². The molecule has 3 unspecified atom stereocenters. The summed E-state index contributed by atoms with van der Waals surface area (Å²) in [5.74, 6) is -0.479. The van der Waals surface area contributed by atoms with Crippen molar-refractivity contribution in [3.63, 3.8) is 0 Å². The summed E-state index contributed by atoms with van der Waals surface area (Å²) in [5.41, 5.74) is 5.31. The maximum absolute atomic E-state index is 11.8. The number of nitrogens with zero attached hydrogens (tertiary/aromatic N) is 3. The molecule has 1 aromatic rings.